The Balaban J connectivity index is 1.58. The molecule has 1 heterocycles. The third-order valence-corrected chi connectivity index (χ3v) is 5.28. The minimum atomic E-state index is -0.281. The molecule has 3 rings (SSSR count). The summed E-state index contributed by atoms with van der Waals surface area (Å²) in [5.41, 5.74) is 4.23. The van der Waals surface area contributed by atoms with Crippen molar-refractivity contribution < 1.29 is 14.4 Å². The molecule has 0 radical (unpaired) electrons. The van der Waals surface area contributed by atoms with Crippen LogP contribution in [-0.4, -0.2) is 22.7 Å². The van der Waals surface area contributed by atoms with Gasteiger partial charge < -0.3 is 10.6 Å². The van der Waals surface area contributed by atoms with Gasteiger partial charge in [0.25, 0.3) is 0 Å². The highest BCUT2D eigenvalue weighted by Crippen LogP contribution is 2.26. The zero-order chi connectivity index (χ0) is 23.1. The largest absolute Gasteiger partial charge is 0.350 e. The summed E-state index contributed by atoms with van der Waals surface area (Å²) < 4.78 is 0. The molecule has 2 aromatic carbocycles. The number of hydrogen-bond acceptors (Lipinski definition) is 5. The predicted molar refractivity (Wildman–Crippen MR) is 128 cm³/mol. The topological polar surface area (TPSA) is 100 Å². The number of amides is 3. The van der Waals surface area contributed by atoms with Gasteiger partial charge in [-0.25, -0.2) is 4.98 Å². The maximum atomic E-state index is 12.2. The van der Waals surface area contributed by atoms with Gasteiger partial charge in [-0.15, -0.1) is 11.3 Å². The molecule has 0 spiro atoms. The summed E-state index contributed by atoms with van der Waals surface area (Å²) in [7, 11) is 0. The average molecular weight is 449 g/mol. The van der Waals surface area contributed by atoms with Gasteiger partial charge in [-0.1, -0.05) is 36.4 Å². The highest BCUT2D eigenvalue weighted by Gasteiger charge is 2.09. The minimum Gasteiger partial charge on any atom is -0.350 e. The fourth-order valence-electron chi connectivity index (χ4n) is 2.99. The van der Waals surface area contributed by atoms with Gasteiger partial charge in [-0.2, -0.15) is 0 Å². The summed E-state index contributed by atoms with van der Waals surface area (Å²) >= 11 is 1.35. The van der Waals surface area contributed by atoms with E-state index in [1.54, 1.807) is 18.2 Å². The van der Waals surface area contributed by atoms with Crippen molar-refractivity contribution in [3.63, 3.8) is 0 Å². The van der Waals surface area contributed by atoms with Crippen LogP contribution in [0.1, 0.15) is 37.9 Å². The smallest absolute Gasteiger partial charge is 0.250 e. The van der Waals surface area contributed by atoms with Gasteiger partial charge in [-0.3, -0.25) is 19.7 Å². The van der Waals surface area contributed by atoms with Gasteiger partial charge in [-0.05, 0) is 36.3 Å². The molecule has 7 nitrogen and oxygen atoms in total. The molecule has 0 saturated heterocycles. The van der Waals surface area contributed by atoms with Crippen molar-refractivity contribution in [2.75, 3.05) is 10.6 Å². The number of nitrogens with zero attached hydrogens (tertiary/aromatic N) is 1. The molecule has 0 bridgehead atoms. The highest BCUT2D eigenvalue weighted by molar-refractivity contribution is 7.14. The molecule has 3 amide bonds. The number of benzene rings is 2. The molecular weight excluding hydrogens is 424 g/mol. The van der Waals surface area contributed by atoms with E-state index in [-0.39, 0.29) is 23.8 Å². The molecule has 0 fully saturated rings. The Bertz CT molecular complexity index is 1130. The van der Waals surface area contributed by atoms with Crippen LogP contribution < -0.4 is 16.0 Å². The highest BCUT2D eigenvalue weighted by atomic mass is 32.1. The van der Waals surface area contributed by atoms with Crippen LogP contribution in [0.2, 0.25) is 0 Å². The second-order valence-corrected chi connectivity index (χ2v) is 8.07. The van der Waals surface area contributed by atoms with Gasteiger partial charge in [0.15, 0.2) is 5.13 Å². The van der Waals surface area contributed by atoms with Crippen molar-refractivity contribution in [2.24, 2.45) is 0 Å². The van der Waals surface area contributed by atoms with E-state index in [0.717, 1.165) is 22.4 Å². The molecule has 32 heavy (non-hydrogen) atoms. The number of thiazole rings is 1. The minimum absolute atomic E-state index is 0.0692. The number of rotatable bonds is 7. The summed E-state index contributed by atoms with van der Waals surface area (Å²) in [4.78, 5) is 39.0. The third-order valence-electron chi connectivity index (χ3n) is 4.52. The lowest BCUT2D eigenvalue weighted by atomic mass is 10.1. The van der Waals surface area contributed by atoms with Crippen LogP contribution in [0.15, 0.2) is 60.0 Å². The van der Waals surface area contributed by atoms with Crippen LogP contribution in [0.3, 0.4) is 0 Å². The molecule has 1 atom stereocenters. The maximum absolute atomic E-state index is 12.2. The van der Waals surface area contributed by atoms with Crippen molar-refractivity contribution in [3.8, 4) is 11.3 Å². The Kier molecular flexibility index (Phi) is 7.51. The summed E-state index contributed by atoms with van der Waals surface area (Å²) in [6.45, 7) is 4.87. The van der Waals surface area contributed by atoms with E-state index in [1.807, 2.05) is 48.7 Å². The van der Waals surface area contributed by atoms with Crippen LogP contribution >= 0.6 is 11.3 Å². The standard InChI is InChI=1S/C24H24N4O3S/c1-15(25-16(2)29)19-7-9-20(10-8-19)22-14-32-24(27-22)28-23(31)13-6-18-4-11-21(12-5-18)26-17(3)30/h4-15H,1-3H3,(H,25,29)(H,26,30)(H,27,28,31)/b13-6+. The molecule has 0 aliphatic rings. The third kappa shape index (κ3) is 6.61. The Morgan fingerprint density at radius 1 is 0.938 bits per heavy atom. The van der Waals surface area contributed by atoms with Crippen LogP contribution in [-0.2, 0) is 14.4 Å². The summed E-state index contributed by atoms with van der Waals surface area (Å²) in [6, 6.07) is 14.9. The normalized spacial score (nSPS) is 11.7. The molecule has 3 N–H and O–H groups in total. The molecule has 1 aromatic heterocycles. The first-order valence-corrected chi connectivity index (χ1v) is 10.9. The van der Waals surface area contributed by atoms with Crippen molar-refractivity contribution in [1.82, 2.24) is 10.3 Å². The number of anilines is 2. The molecule has 0 saturated carbocycles. The SMILES string of the molecule is CC(=O)Nc1ccc(/C=C/C(=O)Nc2nc(-c3ccc(C(C)NC(C)=O)cc3)cs2)cc1. The van der Waals surface area contributed by atoms with Crippen molar-refractivity contribution >= 4 is 46.0 Å². The number of carbonyl (C=O) groups excluding carboxylic acids is 3. The zero-order valence-corrected chi connectivity index (χ0v) is 18.8. The molecule has 164 valence electrons. The first-order chi connectivity index (χ1) is 15.3. The number of hydrogen-bond donors (Lipinski definition) is 3. The molecular formula is C24H24N4O3S. The Morgan fingerprint density at radius 3 is 2.25 bits per heavy atom. The zero-order valence-electron chi connectivity index (χ0n) is 18.0. The Morgan fingerprint density at radius 2 is 1.62 bits per heavy atom. The second kappa shape index (κ2) is 10.5. The van der Waals surface area contributed by atoms with E-state index in [0.29, 0.717) is 10.8 Å². The lowest BCUT2D eigenvalue weighted by Gasteiger charge is -2.12. The lowest BCUT2D eigenvalue weighted by molar-refractivity contribution is -0.119. The van der Waals surface area contributed by atoms with E-state index < -0.39 is 0 Å². The van der Waals surface area contributed by atoms with Crippen molar-refractivity contribution in [3.05, 3.63) is 71.1 Å². The van der Waals surface area contributed by atoms with E-state index in [4.69, 9.17) is 0 Å². The quantitative estimate of drug-likeness (QED) is 0.459. The Labute approximate surface area is 190 Å². The fourth-order valence-corrected chi connectivity index (χ4v) is 3.72. The van der Waals surface area contributed by atoms with Gasteiger partial charge in [0, 0.05) is 36.6 Å². The lowest BCUT2D eigenvalue weighted by Crippen LogP contribution is -2.23. The molecule has 8 heteroatoms. The van der Waals surface area contributed by atoms with E-state index in [9.17, 15) is 14.4 Å². The molecule has 0 aliphatic carbocycles. The van der Waals surface area contributed by atoms with Crippen molar-refractivity contribution in [1.29, 1.82) is 0 Å². The average Bonchev–Trinajstić information content (AvgIpc) is 3.21. The van der Waals surface area contributed by atoms with Gasteiger partial charge in [0.2, 0.25) is 17.7 Å². The van der Waals surface area contributed by atoms with Gasteiger partial charge in [0.05, 0.1) is 11.7 Å². The molecule has 0 aliphatic heterocycles. The summed E-state index contributed by atoms with van der Waals surface area (Å²) in [5.74, 6) is -0.486. The van der Waals surface area contributed by atoms with Gasteiger partial charge in [0.1, 0.15) is 0 Å². The van der Waals surface area contributed by atoms with E-state index in [2.05, 4.69) is 20.9 Å². The number of nitrogens with one attached hydrogen (secondary N) is 3. The second-order valence-electron chi connectivity index (χ2n) is 7.21. The van der Waals surface area contributed by atoms with Crippen LogP contribution in [0.25, 0.3) is 17.3 Å². The number of aromatic nitrogens is 1. The van der Waals surface area contributed by atoms with Crippen molar-refractivity contribution in [2.45, 2.75) is 26.8 Å². The summed E-state index contributed by atoms with van der Waals surface area (Å²) in [5, 5.41) is 10.7. The summed E-state index contributed by atoms with van der Waals surface area (Å²) in [6.07, 6.45) is 3.13. The predicted octanol–water partition coefficient (Wildman–Crippen LogP) is 4.62. The van der Waals surface area contributed by atoms with E-state index >= 15 is 0 Å². The van der Waals surface area contributed by atoms with Crippen LogP contribution in [0.4, 0.5) is 10.8 Å². The number of carbonyl (C=O) groups is 3. The monoisotopic (exact) mass is 448 g/mol. The van der Waals surface area contributed by atoms with E-state index in [1.165, 1.54) is 31.3 Å². The maximum Gasteiger partial charge on any atom is 0.250 e. The molecule has 3 aromatic rings. The Hall–Kier alpha value is -3.78. The molecule has 1 unspecified atom stereocenters. The fraction of sp³-hybridized carbons (Fsp3) is 0.167. The van der Waals surface area contributed by atoms with Crippen LogP contribution in [0.5, 0.6) is 0 Å². The van der Waals surface area contributed by atoms with Crippen LogP contribution in [0, 0.1) is 0 Å². The first kappa shape index (κ1) is 22.9. The van der Waals surface area contributed by atoms with Gasteiger partial charge >= 0.3 is 0 Å². The first-order valence-electron chi connectivity index (χ1n) is 10.00.